The summed E-state index contributed by atoms with van der Waals surface area (Å²) in [6, 6.07) is -0.133. The van der Waals surface area contributed by atoms with Gasteiger partial charge in [-0.25, -0.2) is 0 Å². The molecule has 0 saturated carbocycles. The number of hydrogen-bond acceptors (Lipinski definition) is 5. The zero-order valence-electron chi connectivity index (χ0n) is 14.0. The van der Waals surface area contributed by atoms with Gasteiger partial charge in [-0.2, -0.15) is 5.10 Å². The van der Waals surface area contributed by atoms with Crippen molar-refractivity contribution in [3.05, 3.63) is 29.1 Å². The first kappa shape index (κ1) is 15.3. The van der Waals surface area contributed by atoms with Gasteiger partial charge in [0.05, 0.1) is 12.1 Å². The molecule has 2 atom stereocenters. The first-order valence-corrected chi connectivity index (χ1v) is 8.42. The number of carbonyl (C=O) groups excluding carboxylic acids is 1. The van der Waals surface area contributed by atoms with Gasteiger partial charge < -0.3 is 14.2 Å². The number of aromatic amines is 1. The van der Waals surface area contributed by atoms with E-state index in [0.717, 1.165) is 49.2 Å². The summed E-state index contributed by atoms with van der Waals surface area (Å²) in [5.74, 6) is 0.745. The molecule has 128 valence electrons. The molecule has 8 heteroatoms. The van der Waals surface area contributed by atoms with E-state index in [1.807, 2.05) is 16.5 Å². The third kappa shape index (κ3) is 2.41. The highest BCUT2D eigenvalue weighted by molar-refractivity contribution is 5.94. The Bertz CT molecular complexity index is 752. The summed E-state index contributed by atoms with van der Waals surface area (Å²) in [6.07, 6.45) is 6.55. The maximum absolute atomic E-state index is 13.2. The van der Waals surface area contributed by atoms with Gasteiger partial charge in [0.15, 0.2) is 11.5 Å². The van der Waals surface area contributed by atoms with Crippen molar-refractivity contribution in [3.8, 4) is 0 Å². The zero-order valence-corrected chi connectivity index (χ0v) is 14.0. The monoisotopic (exact) mass is 330 g/mol. The number of rotatable bonds is 3. The molecule has 0 spiro atoms. The van der Waals surface area contributed by atoms with Gasteiger partial charge in [0.25, 0.3) is 5.91 Å². The Labute approximate surface area is 140 Å². The van der Waals surface area contributed by atoms with Crippen molar-refractivity contribution in [3.63, 3.8) is 0 Å². The van der Waals surface area contributed by atoms with E-state index < -0.39 is 0 Å². The molecule has 1 saturated heterocycles. The van der Waals surface area contributed by atoms with Crippen LogP contribution in [0.25, 0.3) is 0 Å². The minimum atomic E-state index is -0.133. The molecule has 2 aromatic heterocycles. The standard InChI is InChI=1S/C16H22N6O2/c1-21-9-17-20-15(21)13-7-10(24-2)8-22(13)16(23)14-11-5-3-4-6-12(11)18-19-14/h9-10,13H,3-8H2,1-2H3,(H,18,19)/t10-,13+/m1/s1. The summed E-state index contributed by atoms with van der Waals surface area (Å²) in [4.78, 5) is 15.0. The van der Waals surface area contributed by atoms with Gasteiger partial charge in [0.1, 0.15) is 6.33 Å². The summed E-state index contributed by atoms with van der Waals surface area (Å²) >= 11 is 0. The molecule has 2 aromatic rings. The van der Waals surface area contributed by atoms with Crippen LogP contribution in [0.5, 0.6) is 0 Å². The topological polar surface area (TPSA) is 88.9 Å². The summed E-state index contributed by atoms with van der Waals surface area (Å²) in [7, 11) is 3.58. The first-order chi connectivity index (χ1) is 11.7. The number of nitrogens with one attached hydrogen (secondary N) is 1. The largest absolute Gasteiger partial charge is 0.380 e. The van der Waals surface area contributed by atoms with Crippen molar-refractivity contribution in [2.45, 2.75) is 44.2 Å². The van der Waals surface area contributed by atoms with Crippen molar-refractivity contribution >= 4 is 5.91 Å². The fourth-order valence-corrected chi connectivity index (χ4v) is 3.83. The molecule has 1 fully saturated rings. The second-order valence-electron chi connectivity index (χ2n) is 6.60. The van der Waals surface area contributed by atoms with Gasteiger partial charge in [0, 0.05) is 38.4 Å². The smallest absolute Gasteiger partial charge is 0.275 e. The Hall–Kier alpha value is -2.22. The van der Waals surface area contributed by atoms with E-state index >= 15 is 0 Å². The maximum atomic E-state index is 13.2. The Morgan fingerprint density at radius 1 is 1.38 bits per heavy atom. The van der Waals surface area contributed by atoms with E-state index in [9.17, 15) is 4.79 Å². The molecule has 1 aliphatic heterocycles. The molecule has 3 heterocycles. The summed E-state index contributed by atoms with van der Waals surface area (Å²) in [6.45, 7) is 0.550. The normalized spacial score (nSPS) is 23.5. The van der Waals surface area contributed by atoms with Gasteiger partial charge in [-0.3, -0.25) is 9.89 Å². The fourth-order valence-electron chi connectivity index (χ4n) is 3.83. The van der Waals surface area contributed by atoms with Crippen molar-refractivity contribution in [2.24, 2.45) is 7.05 Å². The SMILES string of the molecule is CO[C@@H]1C[C@@H](c2nncn2C)N(C(=O)c2n[nH]c3c2CCCC3)C1. The molecule has 8 nitrogen and oxygen atoms in total. The van der Waals surface area contributed by atoms with Gasteiger partial charge in [-0.1, -0.05) is 0 Å². The lowest BCUT2D eigenvalue weighted by molar-refractivity contribution is 0.0676. The molecular formula is C16H22N6O2. The van der Waals surface area contributed by atoms with E-state index in [2.05, 4.69) is 20.4 Å². The highest BCUT2D eigenvalue weighted by Crippen LogP contribution is 2.34. The zero-order chi connectivity index (χ0) is 16.7. The van der Waals surface area contributed by atoms with E-state index in [1.54, 1.807) is 13.4 Å². The van der Waals surface area contributed by atoms with Gasteiger partial charge in [0.2, 0.25) is 0 Å². The minimum Gasteiger partial charge on any atom is -0.380 e. The van der Waals surface area contributed by atoms with Crippen LogP contribution in [0.15, 0.2) is 6.33 Å². The predicted octanol–water partition coefficient (Wildman–Crippen LogP) is 1.02. The number of likely N-dealkylation sites (tertiary alicyclic amines) is 1. The lowest BCUT2D eigenvalue weighted by atomic mass is 9.95. The van der Waals surface area contributed by atoms with Crippen molar-refractivity contribution < 1.29 is 9.53 Å². The molecule has 1 amide bonds. The van der Waals surface area contributed by atoms with E-state index in [4.69, 9.17) is 4.74 Å². The number of fused-ring (bicyclic) bond motifs is 1. The summed E-state index contributed by atoms with van der Waals surface area (Å²) in [5.41, 5.74) is 2.76. The lowest BCUT2D eigenvalue weighted by Crippen LogP contribution is -2.34. The number of H-pyrrole nitrogens is 1. The maximum Gasteiger partial charge on any atom is 0.275 e. The predicted molar refractivity (Wildman–Crippen MR) is 85.4 cm³/mol. The van der Waals surface area contributed by atoms with Crippen LogP contribution in [-0.2, 0) is 24.6 Å². The van der Waals surface area contributed by atoms with Crippen LogP contribution in [0.1, 0.15) is 52.9 Å². The molecule has 0 unspecified atom stereocenters. The van der Waals surface area contributed by atoms with Crippen molar-refractivity contribution in [1.82, 2.24) is 29.9 Å². The third-order valence-corrected chi connectivity index (χ3v) is 5.16. The number of methoxy groups -OCH3 is 1. The first-order valence-electron chi connectivity index (χ1n) is 8.42. The average Bonchev–Trinajstić information content (AvgIpc) is 3.31. The van der Waals surface area contributed by atoms with Crippen LogP contribution in [0, 0.1) is 0 Å². The highest BCUT2D eigenvalue weighted by atomic mass is 16.5. The van der Waals surface area contributed by atoms with Crippen LogP contribution in [0.2, 0.25) is 0 Å². The number of aromatic nitrogens is 5. The van der Waals surface area contributed by atoms with Crippen LogP contribution >= 0.6 is 0 Å². The molecular weight excluding hydrogens is 308 g/mol. The Balaban J connectivity index is 1.66. The van der Waals surface area contributed by atoms with Gasteiger partial charge in [-0.15, -0.1) is 10.2 Å². The minimum absolute atomic E-state index is 0.00502. The van der Waals surface area contributed by atoms with Crippen LogP contribution in [0.3, 0.4) is 0 Å². The summed E-state index contributed by atoms with van der Waals surface area (Å²) < 4.78 is 7.37. The second kappa shape index (κ2) is 6.01. The molecule has 2 aliphatic rings. The van der Waals surface area contributed by atoms with Crippen LogP contribution < -0.4 is 0 Å². The molecule has 0 radical (unpaired) electrons. The average molecular weight is 330 g/mol. The van der Waals surface area contributed by atoms with E-state index in [-0.39, 0.29) is 18.1 Å². The Morgan fingerprint density at radius 2 is 2.21 bits per heavy atom. The molecule has 1 aliphatic carbocycles. The van der Waals surface area contributed by atoms with Gasteiger partial charge >= 0.3 is 0 Å². The fraction of sp³-hybridized carbons (Fsp3) is 0.625. The highest BCUT2D eigenvalue weighted by Gasteiger charge is 2.40. The molecule has 0 bridgehead atoms. The Kier molecular flexibility index (Phi) is 3.84. The van der Waals surface area contributed by atoms with Crippen LogP contribution in [0.4, 0.5) is 0 Å². The van der Waals surface area contributed by atoms with E-state index in [0.29, 0.717) is 12.2 Å². The third-order valence-electron chi connectivity index (χ3n) is 5.16. The van der Waals surface area contributed by atoms with Gasteiger partial charge in [-0.05, 0) is 25.7 Å². The van der Waals surface area contributed by atoms with Crippen LogP contribution in [-0.4, -0.2) is 55.5 Å². The number of nitrogens with zero attached hydrogens (tertiary/aromatic N) is 5. The molecule has 4 rings (SSSR count). The quantitative estimate of drug-likeness (QED) is 0.907. The number of carbonyl (C=O) groups is 1. The van der Waals surface area contributed by atoms with Crippen molar-refractivity contribution in [2.75, 3.05) is 13.7 Å². The molecule has 24 heavy (non-hydrogen) atoms. The number of amides is 1. The number of hydrogen-bond donors (Lipinski definition) is 1. The molecule has 1 N–H and O–H groups in total. The van der Waals surface area contributed by atoms with Crippen molar-refractivity contribution in [1.29, 1.82) is 0 Å². The lowest BCUT2D eigenvalue weighted by Gasteiger charge is -2.23. The second-order valence-corrected chi connectivity index (χ2v) is 6.60. The Morgan fingerprint density at radius 3 is 2.96 bits per heavy atom. The number of ether oxygens (including phenoxy) is 1. The summed E-state index contributed by atoms with van der Waals surface area (Å²) in [5, 5.41) is 15.5. The number of aryl methyl sites for hydroxylation is 2. The molecule has 0 aromatic carbocycles. The van der Waals surface area contributed by atoms with E-state index in [1.165, 1.54) is 0 Å².